The van der Waals surface area contributed by atoms with Gasteiger partial charge in [0.2, 0.25) is 5.91 Å². The van der Waals surface area contributed by atoms with Crippen molar-refractivity contribution in [1.29, 1.82) is 0 Å². The molecule has 160 valence electrons. The molecule has 0 spiro atoms. The molecule has 0 radical (unpaired) electrons. The second-order valence-corrected chi connectivity index (χ2v) is 7.89. The number of carbonyl (C=O) groups is 1. The third-order valence-corrected chi connectivity index (χ3v) is 5.45. The van der Waals surface area contributed by atoms with Crippen LogP contribution in [0.2, 0.25) is 0 Å². The van der Waals surface area contributed by atoms with Gasteiger partial charge in [0, 0.05) is 62.8 Å². The van der Waals surface area contributed by atoms with Gasteiger partial charge in [-0.2, -0.15) is 0 Å². The van der Waals surface area contributed by atoms with Gasteiger partial charge in [-0.25, -0.2) is 4.98 Å². The van der Waals surface area contributed by atoms with Crippen LogP contribution in [-0.2, 0) is 11.3 Å². The molecule has 1 aromatic carbocycles. The number of pyridine rings is 2. The summed E-state index contributed by atoms with van der Waals surface area (Å²) in [5.41, 5.74) is 9.90. The van der Waals surface area contributed by atoms with Crippen molar-refractivity contribution in [2.75, 3.05) is 38.7 Å². The summed E-state index contributed by atoms with van der Waals surface area (Å²) < 4.78 is 6.02. The van der Waals surface area contributed by atoms with E-state index < -0.39 is 5.91 Å². The number of amides is 1. The fourth-order valence-corrected chi connectivity index (χ4v) is 3.82. The van der Waals surface area contributed by atoms with Crippen LogP contribution in [0.1, 0.15) is 27.7 Å². The summed E-state index contributed by atoms with van der Waals surface area (Å²) in [6.07, 6.45) is 3.61. The van der Waals surface area contributed by atoms with Gasteiger partial charge in [-0.3, -0.25) is 14.7 Å². The van der Waals surface area contributed by atoms with Crippen LogP contribution in [-0.4, -0.2) is 54.6 Å². The molecule has 4 rings (SSSR count). The minimum Gasteiger partial charge on any atom is -0.369 e. The highest BCUT2D eigenvalue weighted by molar-refractivity contribution is 5.93. The van der Waals surface area contributed by atoms with Crippen molar-refractivity contribution in [2.24, 2.45) is 5.73 Å². The summed E-state index contributed by atoms with van der Waals surface area (Å²) in [6.45, 7) is 3.15. The summed E-state index contributed by atoms with van der Waals surface area (Å²) >= 11 is 0. The van der Waals surface area contributed by atoms with Crippen LogP contribution in [0.3, 0.4) is 0 Å². The molecule has 1 saturated heterocycles. The molecule has 7 nitrogen and oxygen atoms in total. The molecular weight excluding hydrogens is 390 g/mol. The molecule has 2 aromatic heterocycles. The number of nitrogens with two attached hydrogens (primary N) is 1. The number of hydrogen-bond donors (Lipinski definition) is 1. The predicted molar refractivity (Wildman–Crippen MR) is 121 cm³/mol. The second kappa shape index (κ2) is 9.24. The minimum atomic E-state index is -0.428. The normalized spacial score (nSPS) is 16.8. The van der Waals surface area contributed by atoms with Crippen molar-refractivity contribution in [3.8, 4) is 11.1 Å². The third-order valence-electron chi connectivity index (χ3n) is 5.45. The summed E-state index contributed by atoms with van der Waals surface area (Å²) in [4.78, 5) is 24.8. The SMILES string of the molecule is CN(C)c1ncccc1CN1CCOC(c2ccc(-c3ccc(C(N)=O)cc3)cn2)C1. The number of hydrogen-bond acceptors (Lipinski definition) is 6. The Morgan fingerprint density at radius 3 is 2.58 bits per heavy atom. The van der Waals surface area contributed by atoms with E-state index in [1.54, 1.807) is 12.1 Å². The second-order valence-electron chi connectivity index (χ2n) is 7.89. The molecular formula is C24H27N5O2. The third kappa shape index (κ3) is 4.90. The van der Waals surface area contributed by atoms with Gasteiger partial charge < -0.3 is 15.4 Å². The number of carbonyl (C=O) groups excluding carboxylic acids is 1. The van der Waals surface area contributed by atoms with E-state index in [9.17, 15) is 4.79 Å². The summed E-state index contributed by atoms with van der Waals surface area (Å²) in [5.74, 6) is 0.568. The van der Waals surface area contributed by atoms with Gasteiger partial charge in [-0.15, -0.1) is 0 Å². The minimum absolute atomic E-state index is 0.0699. The zero-order valence-electron chi connectivity index (χ0n) is 17.9. The Morgan fingerprint density at radius 1 is 1.13 bits per heavy atom. The van der Waals surface area contributed by atoms with E-state index in [0.717, 1.165) is 42.3 Å². The number of benzene rings is 1. The molecule has 2 N–H and O–H groups in total. The number of ether oxygens (including phenoxy) is 1. The van der Waals surface area contributed by atoms with Crippen LogP contribution in [0.15, 0.2) is 60.9 Å². The van der Waals surface area contributed by atoms with Crippen molar-refractivity contribution in [3.05, 3.63) is 77.7 Å². The van der Waals surface area contributed by atoms with Crippen molar-refractivity contribution in [1.82, 2.24) is 14.9 Å². The Balaban J connectivity index is 1.44. The van der Waals surface area contributed by atoms with E-state index in [2.05, 4.69) is 20.9 Å². The highest BCUT2D eigenvalue weighted by atomic mass is 16.5. The lowest BCUT2D eigenvalue weighted by atomic mass is 10.0. The molecule has 1 fully saturated rings. The Bertz CT molecular complexity index is 1030. The molecule has 0 bridgehead atoms. The standard InChI is InChI=1S/C24H27N5O2/c1-28(2)24-20(4-3-11-26-24)15-29-12-13-31-22(16-29)21-10-9-19(14-27-21)17-5-7-18(8-6-17)23(25)30/h3-11,14,22H,12-13,15-16H2,1-2H3,(H2,25,30). The van der Waals surface area contributed by atoms with E-state index >= 15 is 0 Å². The van der Waals surface area contributed by atoms with Gasteiger partial charge in [0.05, 0.1) is 12.3 Å². The molecule has 3 aromatic rings. The predicted octanol–water partition coefficient (Wildman–Crippen LogP) is 2.88. The van der Waals surface area contributed by atoms with Crippen molar-refractivity contribution in [3.63, 3.8) is 0 Å². The maximum atomic E-state index is 11.2. The Hall–Kier alpha value is -3.29. The lowest BCUT2D eigenvalue weighted by Gasteiger charge is -2.33. The van der Waals surface area contributed by atoms with Crippen molar-refractivity contribution < 1.29 is 9.53 Å². The first-order valence-corrected chi connectivity index (χ1v) is 10.3. The Morgan fingerprint density at radius 2 is 1.90 bits per heavy atom. The topological polar surface area (TPSA) is 84.6 Å². The van der Waals surface area contributed by atoms with E-state index in [1.165, 1.54) is 5.56 Å². The summed E-state index contributed by atoms with van der Waals surface area (Å²) in [7, 11) is 4.03. The van der Waals surface area contributed by atoms with Crippen LogP contribution < -0.4 is 10.6 Å². The van der Waals surface area contributed by atoms with Crippen molar-refractivity contribution >= 4 is 11.7 Å². The van der Waals surface area contributed by atoms with E-state index in [4.69, 9.17) is 10.5 Å². The number of rotatable bonds is 6. The maximum Gasteiger partial charge on any atom is 0.248 e. The monoisotopic (exact) mass is 417 g/mol. The van der Waals surface area contributed by atoms with Gasteiger partial charge in [-0.1, -0.05) is 24.3 Å². The highest BCUT2D eigenvalue weighted by Gasteiger charge is 2.24. The number of nitrogens with zero attached hydrogens (tertiary/aromatic N) is 4. The molecule has 0 aliphatic carbocycles. The first kappa shape index (κ1) is 21.0. The molecule has 1 aliphatic rings. The molecule has 1 unspecified atom stereocenters. The lowest BCUT2D eigenvalue weighted by molar-refractivity contribution is -0.0349. The zero-order valence-corrected chi connectivity index (χ0v) is 17.9. The zero-order chi connectivity index (χ0) is 21.8. The largest absolute Gasteiger partial charge is 0.369 e. The average molecular weight is 418 g/mol. The van der Waals surface area contributed by atoms with Gasteiger partial charge in [0.1, 0.15) is 11.9 Å². The first-order chi connectivity index (χ1) is 15.0. The average Bonchev–Trinajstić information content (AvgIpc) is 2.80. The van der Waals surface area contributed by atoms with Gasteiger partial charge in [0.15, 0.2) is 0 Å². The molecule has 7 heteroatoms. The van der Waals surface area contributed by atoms with Gasteiger partial charge in [-0.05, 0) is 29.8 Å². The van der Waals surface area contributed by atoms with E-state index in [-0.39, 0.29) is 6.10 Å². The number of morpholine rings is 1. The molecule has 31 heavy (non-hydrogen) atoms. The van der Waals surface area contributed by atoms with Crippen LogP contribution >= 0.6 is 0 Å². The molecule has 0 saturated carbocycles. The smallest absolute Gasteiger partial charge is 0.248 e. The number of aromatic nitrogens is 2. The Labute approximate surface area is 182 Å². The maximum absolute atomic E-state index is 11.2. The lowest BCUT2D eigenvalue weighted by Crippen LogP contribution is -2.38. The Kier molecular flexibility index (Phi) is 6.25. The molecule has 1 aliphatic heterocycles. The molecule has 1 amide bonds. The highest BCUT2D eigenvalue weighted by Crippen LogP contribution is 2.26. The van der Waals surface area contributed by atoms with Crippen LogP contribution in [0.4, 0.5) is 5.82 Å². The molecule has 1 atom stereocenters. The van der Waals surface area contributed by atoms with E-state index in [0.29, 0.717) is 12.2 Å². The van der Waals surface area contributed by atoms with Gasteiger partial charge in [0.25, 0.3) is 0 Å². The van der Waals surface area contributed by atoms with Gasteiger partial charge >= 0.3 is 0 Å². The summed E-state index contributed by atoms with van der Waals surface area (Å²) in [6, 6.07) is 15.4. The fourth-order valence-electron chi connectivity index (χ4n) is 3.82. The fraction of sp³-hybridized carbons (Fsp3) is 0.292. The number of anilines is 1. The first-order valence-electron chi connectivity index (χ1n) is 10.3. The van der Waals surface area contributed by atoms with Crippen LogP contribution in [0.25, 0.3) is 11.1 Å². The van der Waals surface area contributed by atoms with Crippen molar-refractivity contribution in [2.45, 2.75) is 12.6 Å². The summed E-state index contributed by atoms with van der Waals surface area (Å²) in [5, 5.41) is 0. The molecule has 3 heterocycles. The number of primary amides is 1. The van der Waals surface area contributed by atoms with Crippen LogP contribution in [0.5, 0.6) is 0 Å². The quantitative estimate of drug-likeness (QED) is 0.664. The van der Waals surface area contributed by atoms with Crippen LogP contribution in [0, 0.1) is 0 Å². The van der Waals surface area contributed by atoms with E-state index in [1.807, 2.05) is 61.7 Å².